The zero-order valence-electron chi connectivity index (χ0n) is 20.7. The Morgan fingerprint density at radius 2 is 1.13 bits per heavy atom. The van der Waals surface area contributed by atoms with Gasteiger partial charge in [-0.05, 0) is 19.3 Å². The number of quaternary nitrogens is 1. The first-order chi connectivity index (χ1) is 14.7. The Bertz CT molecular complexity index is 411. The minimum absolute atomic E-state index is 0.0722. The summed E-state index contributed by atoms with van der Waals surface area (Å²) >= 11 is 0. The zero-order chi connectivity index (χ0) is 23.4. The maximum absolute atomic E-state index is 11.0. The second kappa shape index (κ2) is 20.0. The molecule has 3 N–H and O–H groups in total. The Morgan fingerprint density at radius 3 is 1.48 bits per heavy atom. The van der Waals surface area contributed by atoms with Crippen LogP contribution in [0.1, 0.15) is 109 Å². The fourth-order valence-electron chi connectivity index (χ4n) is 3.98. The number of likely N-dealkylation sites (N-methyl/N-ethyl adjacent to an activating group) is 1. The normalized spacial score (nSPS) is 14.0. The summed E-state index contributed by atoms with van der Waals surface area (Å²) in [5.74, 6) is -0.889. The molecular formula is C25H52NO5+. The molecule has 0 aromatic heterocycles. The summed E-state index contributed by atoms with van der Waals surface area (Å²) in [5.41, 5.74) is 0. The van der Waals surface area contributed by atoms with E-state index in [-0.39, 0.29) is 6.42 Å². The van der Waals surface area contributed by atoms with Crippen LogP contribution in [0.25, 0.3) is 0 Å². The van der Waals surface area contributed by atoms with Crippen molar-refractivity contribution in [2.24, 2.45) is 0 Å². The summed E-state index contributed by atoms with van der Waals surface area (Å²) < 4.78 is 6.22. The van der Waals surface area contributed by atoms with Gasteiger partial charge in [0.05, 0.1) is 27.6 Å². The van der Waals surface area contributed by atoms with Gasteiger partial charge in [-0.25, -0.2) is 0 Å². The summed E-state index contributed by atoms with van der Waals surface area (Å²) in [7, 11) is 5.98. The number of hydrogen-bond acceptors (Lipinski definition) is 4. The molecule has 0 spiro atoms. The number of aliphatic hydroxyl groups excluding tert-OH is 2. The molecule has 6 heteroatoms. The predicted octanol–water partition coefficient (Wildman–Crippen LogP) is 5.10. The van der Waals surface area contributed by atoms with Gasteiger partial charge in [-0.15, -0.1) is 0 Å². The standard InChI is InChI=1S/C25H51NO5/c1-26(2,3)22-23(21-24(28)29)31-25(30)19-17-15-13-11-9-7-5-4-6-8-10-12-14-16-18-20-27/h23,25,27,30H,4-22H2,1-3H3/p+1/t23-,25?/m1/s1. The summed E-state index contributed by atoms with van der Waals surface area (Å²) in [6, 6.07) is 0. The second-order valence-corrected chi connectivity index (χ2v) is 10.1. The van der Waals surface area contributed by atoms with Crippen molar-refractivity contribution in [2.45, 2.75) is 122 Å². The number of ether oxygens (including phenoxy) is 1. The molecule has 0 aromatic carbocycles. The number of aliphatic hydroxyl groups is 2. The number of carboxylic acids is 1. The minimum Gasteiger partial charge on any atom is -0.481 e. The van der Waals surface area contributed by atoms with Gasteiger partial charge < -0.3 is 24.5 Å². The first-order valence-corrected chi connectivity index (χ1v) is 12.7. The van der Waals surface area contributed by atoms with Crippen molar-refractivity contribution in [1.29, 1.82) is 0 Å². The van der Waals surface area contributed by atoms with Crippen LogP contribution >= 0.6 is 0 Å². The van der Waals surface area contributed by atoms with Crippen LogP contribution in [0.15, 0.2) is 0 Å². The Labute approximate surface area is 191 Å². The Morgan fingerprint density at radius 1 is 0.742 bits per heavy atom. The van der Waals surface area contributed by atoms with Crippen LogP contribution in [0.5, 0.6) is 0 Å². The molecular weight excluding hydrogens is 394 g/mol. The van der Waals surface area contributed by atoms with Crippen molar-refractivity contribution in [2.75, 3.05) is 34.3 Å². The van der Waals surface area contributed by atoms with Gasteiger partial charge >= 0.3 is 5.97 Å². The van der Waals surface area contributed by atoms with E-state index in [2.05, 4.69) is 0 Å². The van der Waals surface area contributed by atoms with Gasteiger partial charge in [0.25, 0.3) is 0 Å². The van der Waals surface area contributed by atoms with E-state index in [4.69, 9.17) is 14.9 Å². The van der Waals surface area contributed by atoms with Gasteiger partial charge in [-0.2, -0.15) is 0 Å². The molecule has 0 heterocycles. The van der Waals surface area contributed by atoms with Crippen LogP contribution in [0.4, 0.5) is 0 Å². The third kappa shape index (κ3) is 23.8. The molecule has 0 rings (SSSR count). The summed E-state index contributed by atoms with van der Waals surface area (Å²) in [6.07, 6.45) is 17.7. The number of carbonyl (C=O) groups is 1. The van der Waals surface area contributed by atoms with E-state index in [1.807, 2.05) is 21.1 Å². The first kappa shape index (κ1) is 30.3. The highest BCUT2D eigenvalue weighted by atomic mass is 16.6. The molecule has 6 nitrogen and oxygen atoms in total. The van der Waals surface area contributed by atoms with Crippen molar-refractivity contribution in [3.63, 3.8) is 0 Å². The Balaban J connectivity index is 3.52. The van der Waals surface area contributed by atoms with Gasteiger partial charge in [-0.1, -0.05) is 83.5 Å². The monoisotopic (exact) mass is 446 g/mol. The molecule has 0 bridgehead atoms. The topological polar surface area (TPSA) is 87.0 Å². The van der Waals surface area contributed by atoms with Gasteiger partial charge in [0, 0.05) is 6.61 Å². The van der Waals surface area contributed by atoms with Gasteiger partial charge in [0.15, 0.2) is 6.29 Å². The molecule has 0 fully saturated rings. The smallest absolute Gasteiger partial charge is 0.306 e. The molecule has 0 saturated carbocycles. The number of aliphatic carboxylic acids is 1. The largest absolute Gasteiger partial charge is 0.481 e. The van der Waals surface area contributed by atoms with Crippen LogP contribution in [0.2, 0.25) is 0 Å². The van der Waals surface area contributed by atoms with E-state index in [1.54, 1.807) is 0 Å². The summed E-state index contributed by atoms with van der Waals surface area (Å²) in [5, 5.41) is 27.9. The lowest BCUT2D eigenvalue weighted by atomic mass is 10.0. The fraction of sp³-hybridized carbons (Fsp3) is 0.960. The van der Waals surface area contributed by atoms with E-state index in [0.29, 0.717) is 24.1 Å². The van der Waals surface area contributed by atoms with Gasteiger partial charge in [0.2, 0.25) is 0 Å². The molecule has 0 saturated heterocycles. The highest BCUT2D eigenvalue weighted by molar-refractivity contribution is 5.67. The maximum Gasteiger partial charge on any atom is 0.306 e. The maximum atomic E-state index is 11.0. The SMILES string of the molecule is C[N+](C)(C)C[C@@H](CC(=O)O)OC(O)CCCCCCCCCCCCCCCCCO. The minimum atomic E-state index is -0.889. The molecule has 31 heavy (non-hydrogen) atoms. The lowest BCUT2D eigenvalue weighted by molar-refractivity contribution is -0.873. The predicted molar refractivity (Wildman–Crippen MR) is 127 cm³/mol. The summed E-state index contributed by atoms with van der Waals surface area (Å²) in [6.45, 7) is 0.899. The van der Waals surface area contributed by atoms with Crippen LogP contribution in [-0.2, 0) is 9.53 Å². The highest BCUT2D eigenvalue weighted by Gasteiger charge is 2.24. The van der Waals surface area contributed by atoms with E-state index < -0.39 is 18.4 Å². The fourth-order valence-corrected chi connectivity index (χ4v) is 3.98. The van der Waals surface area contributed by atoms with E-state index in [1.165, 1.54) is 77.0 Å². The lowest BCUT2D eigenvalue weighted by Gasteiger charge is -2.29. The van der Waals surface area contributed by atoms with E-state index in [0.717, 1.165) is 19.3 Å². The van der Waals surface area contributed by atoms with Crippen molar-refractivity contribution >= 4 is 5.97 Å². The molecule has 186 valence electrons. The van der Waals surface area contributed by atoms with Crippen LogP contribution < -0.4 is 0 Å². The molecule has 0 amide bonds. The number of rotatable bonds is 23. The number of hydrogen-bond donors (Lipinski definition) is 3. The molecule has 0 aliphatic heterocycles. The zero-order valence-corrected chi connectivity index (χ0v) is 20.7. The summed E-state index contributed by atoms with van der Waals surface area (Å²) in [4.78, 5) is 11.0. The van der Waals surface area contributed by atoms with Crippen molar-refractivity contribution in [3.8, 4) is 0 Å². The van der Waals surface area contributed by atoms with Crippen LogP contribution in [-0.4, -0.2) is 72.5 Å². The van der Waals surface area contributed by atoms with Gasteiger partial charge in [-0.3, -0.25) is 4.79 Å². The first-order valence-electron chi connectivity index (χ1n) is 12.7. The number of carboxylic acid groups (broad SMARTS) is 1. The molecule has 0 radical (unpaired) electrons. The van der Waals surface area contributed by atoms with Crippen LogP contribution in [0, 0.1) is 0 Å². The average molecular weight is 447 g/mol. The number of unbranched alkanes of at least 4 members (excludes halogenated alkanes) is 14. The Kier molecular flexibility index (Phi) is 19.5. The molecule has 0 aliphatic carbocycles. The van der Waals surface area contributed by atoms with Crippen molar-refractivity contribution < 1.29 is 29.3 Å². The number of nitrogens with zero attached hydrogens (tertiary/aromatic N) is 1. The van der Waals surface area contributed by atoms with Crippen molar-refractivity contribution in [1.82, 2.24) is 0 Å². The molecule has 0 aromatic rings. The van der Waals surface area contributed by atoms with Crippen molar-refractivity contribution in [3.05, 3.63) is 0 Å². The van der Waals surface area contributed by atoms with E-state index >= 15 is 0 Å². The van der Waals surface area contributed by atoms with E-state index in [9.17, 15) is 9.90 Å². The quantitative estimate of drug-likeness (QED) is 0.115. The highest BCUT2D eigenvalue weighted by Crippen LogP contribution is 2.15. The lowest BCUT2D eigenvalue weighted by Crippen LogP contribution is -2.44. The van der Waals surface area contributed by atoms with Gasteiger partial charge in [0.1, 0.15) is 12.6 Å². The second-order valence-electron chi connectivity index (χ2n) is 10.1. The molecule has 0 aliphatic rings. The van der Waals surface area contributed by atoms with Crippen LogP contribution in [0.3, 0.4) is 0 Å². The Hall–Kier alpha value is -0.690. The average Bonchev–Trinajstić information content (AvgIpc) is 2.65. The third-order valence-electron chi connectivity index (χ3n) is 5.61. The third-order valence-corrected chi connectivity index (χ3v) is 5.61. The molecule has 2 atom stereocenters. The molecule has 1 unspecified atom stereocenters.